The van der Waals surface area contributed by atoms with E-state index in [2.05, 4.69) is 35.6 Å². The summed E-state index contributed by atoms with van der Waals surface area (Å²) in [6, 6.07) is 11.5. The van der Waals surface area contributed by atoms with Crippen molar-refractivity contribution in [1.29, 1.82) is 0 Å². The molecule has 0 saturated carbocycles. The summed E-state index contributed by atoms with van der Waals surface area (Å²) in [5, 5.41) is 6.20. The van der Waals surface area contributed by atoms with Gasteiger partial charge in [0.05, 0.1) is 17.3 Å². The predicted molar refractivity (Wildman–Crippen MR) is 122 cm³/mol. The maximum Gasteiger partial charge on any atom is 0.156 e. The number of halogens is 2. The lowest BCUT2D eigenvalue weighted by Gasteiger charge is -2.35. The van der Waals surface area contributed by atoms with Crippen molar-refractivity contribution in [3.8, 4) is 5.69 Å². The van der Waals surface area contributed by atoms with Crippen molar-refractivity contribution >= 4 is 29.0 Å². The Labute approximate surface area is 187 Å². The molecule has 1 aliphatic heterocycles. The molecule has 0 N–H and O–H groups in total. The molecule has 0 amide bonds. The number of nitrogens with zero attached hydrogens (tertiary/aromatic N) is 6. The highest BCUT2D eigenvalue weighted by Gasteiger charge is 2.25. The van der Waals surface area contributed by atoms with E-state index in [1.165, 1.54) is 0 Å². The second-order valence-corrected chi connectivity index (χ2v) is 9.41. The number of hydrogen-bond acceptors (Lipinski definition) is 5. The van der Waals surface area contributed by atoms with Crippen LogP contribution in [0.5, 0.6) is 0 Å². The Morgan fingerprint density at radius 1 is 1.00 bits per heavy atom. The van der Waals surface area contributed by atoms with Gasteiger partial charge in [-0.25, -0.2) is 14.6 Å². The zero-order chi connectivity index (χ0) is 21.3. The first-order valence-electron chi connectivity index (χ1n) is 10.1. The van der Waals surface area contributed by atoms with Gasteiger partial charge in [-0.15, -0.1) is 0 Å². The average molecular weight is 445 g/mol. The molecule has 0 atom stereocenters. The number of benzene rings is 1. The Bertz CT molecular complexity index is 1020. The first kappa shape index (κ1) is 21.1. The number of pyridine rings is 1. The molecule has 6 nitrogen and oxygen atoms in total. The van der Waals surface area contributed by atoms with Gasteiger partial charge in [-0.1, -0.05) is 50.0 Å². The third-order valence-electron chi connectivity index (χ3n) is 5.17. The van der Waals surface area contributed by atoms with E-state index < -0.39 is 0 Å². The van der Waals surface area contributed by atoms with Crippen molar-refractivity contribution in [2.45, 2.75) is 32.7 Å². The van der Waals surface area contributed by atoms with Gasteiger partial charge in [0.2, 0.25) is 0 Å². The lowest BCUT2D eigenvalue weighted by Crippen LogP contribution is -2.46. The van der Waals surface area contributed by atoms with E-state index in [1.807, 2.05) is 41.1 Å². The molecule has 0 bridgehead atoms. The molecule has 8 heteroatoms. The van der Waals surface area contributed by atoms with Crippen LogP contribution in [0.1, 0.15) is 32.4 Å². The number of piperazine rings is 1. The Kier molecular flexibility index (Phi) is 6.00. The molecule has 1 aromatic carbocycles. The van der Waals surface area contributed by atoms with Crippen LogP contribution in [0.3, 0.4) is 0 Å². The topological polar surface area (TPSA) is 50.1 Å². The van der Waals surface area contributed by atoms with Gasteiger partial charge < -0.3 is 4.90 Å². The van der Waals surface area contributed by atoms with Gasteiger partial charge in [0.25, 0.3) is 0 Å². The molecular weight excluding hydrogens is 419 g/mol. The standard InChI is InChI=1S/C22H26Cl2N6/c1-22(2,3)21-26-19(30(27-21)17-7-4-6-16(23)14-17)15-28-10-12-29(13-11-28)20-18(24)8-5-9-25-20/h4-9,14H,10-13,15H2,1-3H3. The summed E-state index contributed by atoms with van der Waals surface area (Å²) in [5.74, 6) is 2.61. The molecular formula is C22H26Cl2N6. The minimum absolute atomic E-state index is 0.132. The van der Waals surface area contributed by atoms with Crippen LogP contribution < -0.4 is 4.90 Å². The molecule has 0 spiro atoms. The Hall–Kier alpha value is -2.15. The molecule has 4 rings (SSSR count). The highest BCUT2D eigenvalue weighted by molar-refractivity contribution is 6.32. The molecule has 0 unspecified atom stereocenters. The zero-order valence-electron chi connectivity index (χ0n) is 17.5. The van der Waals surface area contributed by atoms with Crippen molar-refractivity contribution < 1.29 is 0 Å². The first-order valence-corrected chi connectivity index (χ1v) is 10.9. The van der Waals surface area contributed by atoms with Crippen molar-refractivity contribution in [1.82, 2.24) is 24.6 Å². The van der Waals surface area contributed by atoms with Crippen LogP contribution in [0.15, 0.2) is 42.6 Å². The molecule has 1 fully saturated rings. The lowest BCUT2D eigenvalue weighted by molar-refractivity contribution is 0.241. The van der Waals surface area contributed by atoms with E-state index in [1.54, 1.807) is 6.20 Å². The molecule has 3 aromatic rings. The molecule has 1 saturated heterocycles. The molecule has 1 aliphatic rings. The summed E-state index contributed by atoms with van der Waals surface area (Å²) in [6.07, 6.45) is 1.79. The van der Waals surface area contributed by atoms with Crippen LogP contribution in [0.2, 0.25) is 10.0 Å². The van der Waals surface area contributed by atoms with E-state index >= 15 is 0 Å². The molecule has 0 radical (unpaired) electrons. The normalized spacial score (nSPS) is 15.6. The fourth-order valence-corrected chi connectivity index (χ4v) is 3.93. The minimum Gasteiger partial charge on any atom is -0.353 e. The van der Waals surface area contributed by atoms with Crippen LogP contribution in [0, 0.1) is 0 Å². The molecule has 30 heavy (non-hydrogen) atoms. The number of hydrogen-bond donors (Lipinski definition) is 0. The predicted octanol–water partition coefficient (Wildman–Crippen LogP) is 4.59. The third kappa shape index (κ3) is 4.61. The minimum atomic E-state index is -0.132. The van der Waals surface area contributed by atoms with Crippen molar-refractivity contribution in [2.24, 2.45) is 0 Å². The third-order valence-corrected chi connectivity index (χ3v) is 5.70. The summed E-state index contributed by atoms with van der Waals surface area (Å²) >= 11 is 12.5. The van der Waals surface area contributed by atoms with Crippen molar-refractivity contribution in [3.63, 3.8) is 0 Å². The van der Waals surface area contributed by atoms with Gasteiger partial charge in [-0.3, -0.25) is 4.90 Å². The Morgan fingerprint density at radius 2 is 1.77 bits per heavy atom. The highest BCUT2D eigenvalue weighted by atomic mass is 35.5. The van der Waals surface area contributed by atoms with E-state index in [0.29, 0.717) is 10.0 Å². The average Bonchev–Trinajstić information content (AvgIpc) is 3.13. The van der Waals surface area contributed by atoms with E-state index in [9.17, 15) is 0 Å². The van der Waals surface area contributed by atoms with E-state index in [4.69, 9.17) is 33.3 Å². The van der Waals surface area contributed by atoms with Crippen LogP contribution in [0.4, 0.5) is 5.82 Å². The molecule has 0 aliphatic carbocycles. The zero-order valence-corrected chi connectivity index (χ0v) is 19.0. The fraction of sp³-hybridized carbons (Fsp3) is 0.409. The van der Waals surface area contributed by atoms with Crippen LogP contribution in [0.25, 0.3) is 5.69 Å². The van der Waals surface area contributed by atoms with Crippen molar-refractivity contribution in [3.05, 3.63) is 64.3 Å². The van der Waals surface area contributed by atoms with Gasteiger partial charge in [0.15, 0.2) is 5.82 Å². The van der Waals surface area contributed by atoms with Crippen LogP contribution in [-0.4, -0.2) is 50.8 Å². The van der Waals surface area contributed by atoms with Gasteiger partial charge in [0, 0.05) is 42.8 Å². The summed E-state index contributed by atoms with van der Waals surface area (Å²) in [6.45, 7) is 10.7. The van der Waals surface area contributed by atoms with Gasteiger partial charge in [-0.05, 0) is 30.3 Å². The molecule has 3 heterocycles. The van der Waals surface area contributed by atoms with Gasteiger partial charge in [0.1, 0.15) is 11.6 Å². The summed E-state index contributed by atoms with van der Waals surface area (Å²) in [4.78, 5) is 14.0. The first-order chi connectivity index (χ1) is 14.3. The number of aromatic nitrogens is 4. The largest absolute Gasteiger partial charge is 0.353 e. The van der Waals surface area contributed by atoms with E-state index in [-0.39, 0.29) is 5.41 Å². The summed E-state index contributed by atoms with van der Waals surface area (Å²) in [7, 11) is 0. The SMILES string of the molecule is CC(C)(C)c1nc(CN2CCN(c3ncccc3Cl)CC2)n(-c2cccc(Cl)c2)n1. The highest BCUT2D eigenvalue weighted by Crippen LogP contribution is 2.25. The summed E-state index contributed by atoms with van der Waals surface area (Å²) < 4.78 is 1.93. The Balaban J connectivity index is 1.53. The van der Waals surface area contributed by atoms with Crippen LogP contribution in [-0.2, 0) is 12.0 Å². The summed E-state index contributed by atoms with van der Waals surface area (Å²) in [5.41, 5.74) is 0.798. The van der Waals surface area contributed by atoms with Crippen molar-refractivity contribution in [2.75, 3.05) is 31.1 Å². The fourth-order valence-electron chi connectivity index (χ4n) is 3.51. The lowest BCUT2D eigenvalue weighted by atomic mass is 9.96. The monoisotopic (exact) mass is 444 g/mol. The maximum atomic E-state index is 6.32. The molecule has 2 aromatic heterocycles. The van der Waals surface area contributed by atoms with Crippen LogP contribution >= 0.6 is 23.2 Å². The second kappa shape index (κ2) is 8.53. The molecule has 158 valence electrons. The van der Waals surface area contributed by atoms with Gasteiger partial charge >= 0.3 is 0 Å². The van der Waals surface area contributed by atoms with Gasteiger partial charge in [-0.2, -0.15) is 5.10 Å². The quantitative estimate of drug-likeness (QED) is 0.588. The smallest absolute Gasteiger partial charge is 0.156 e. The Morgan fingerprint density at radius 3 is 2.43 bits per heavy atom. The maximum absolute atomic E-state index is 6.32. The van der Waals surface area contributed by atoms with E-state index in [0.717, 1.165) is 55.9 Å². The number of rotatable bonds is 4. The number of anilines is 1. The second-order valence-electron chi connectivity index (χ2n) is 8.57.